The van der Waals surface area contributed by atoms with E-state index < -0.39 is 5.97 Å². The Hall–Kier alpha value is -3.11. The van der Waals surface area contributed by atoms with Gasteiger partial charge in [0.05, 0.1) is 13.5 Å². The number of fused-ring (bicyclic) bond motifs is 1. The lowest BCUT2D eigenvalue weighted by atomic mass is 9.84. The van der Waals surface area contributed by atoms with E-state index >= 15 is 0 Å². The first kappa shape index (κ1) is 21.1. The van der Waals surface area contributed by atoms with Crippen molar-refractivity contribution >= 4 is 5.97 Å². The van der Waals surface area contributed by atoms with Crippen molar-refractivity contribution in [3.8, 4) is 16.9 Å². The zero-order valence-corrected chi connectivity index (χ0v) is 18.7. The van der Waals surface area contributed by atoms with E-state index in [1.165, 1.54) is 27.8 Å². The molecule has 0 atom stereocenters. The van der Waals surface area contributed by atoms with Crippen LogP contribution < -0.4 is 4.74 Å². The normalized spacial score (nSPS) is 13.3. The summed E-state index contributed by atoms with van der Waals surface area (Å²) in [6.45, 7) is 8.83. The van der Waals surface area contributed by atoms with Crippen molar-refractivity contribution in [1.29, 1.82) is 0 Å². The minimum Gasteiger partial charge on any atom is -0.497 e. The smallest absolute Gasteiger partial charge is 0.307 e. The van der Waals surface area contributed by atoms with Crippen LogP contribution in [0.2, 0.25) is 0 Å². The number of hydrogen-bond donors (Lipinski definition) is 1. The maximum Gasteiger partial charge on any atom is 0.307 e. The largest absolute Gasteiger partial charge is 0.497 e. The van der Waals surface area contributed by atoms with Crippen LogP contribution in [0.15, 0.2) is 48.5 Å². The summed E-state index contributed by atoms with van der Waals surface area (Å²) in [4.78, 5) is 14.1. The Balaban J connectivity index is 1.74. The maximum absolute atomic E-state index is 11.7. The Bertz CT molecular complexity index is 1130. The fourth-order valence-corrected chi connectivity index (χ4v) is 4.75. The van der Waals surface area contributed by atoms with E-state index in [2.05, 4.69) is 62.1 Å². The highest BCUT2D eigenvalue weighted by Gasteiger charge is 2.28. The number of nitrogens with zero attached hydrogens (tertiary/aromatic N) is 1. The summed E-state index contributed by atoms with van der Waals surface area (Å²) < 4.78 is 5.37. The van der Waals surface area contributed by atoms with Crippen LogP contribution in [-0.4, -0.2) is 23.1 Å². The molecule has 0 aromatic heterocycles. The lowest BCUT2D eigenvalue weighted by Gasteiger charge is -2.20. The third kappa shape index (κ3) is 4.21. The van der Waals surface area contributed by atoms with Crippen molar-refractivity contribution in [2.24, 2.45) is 0 Å². The van der Waals surface area contributed by atoms with Gasteiger partial charge in [-0.25, -0.2) is 0 Å². The summed E-state index contributed by atoms with van der Waals surface area (Å²) in [5.41, 5.74) is 10.5. The van der Waals surface area contributed by atoms with Gasteiger partial charge in [-0.2, -0.15) is 0 Å². The zero-order valence-electron chi connectivity index (χ0n) is 18.7. The van der Waals surface area contributed by atoms with Crippen molar-refractivity contribution in [2.75, 3.05) is 7.11 Å². The minimum absolute atomic E-state index is 0.0407. The van der Waals surface area contributed by atoms with Crippen molar-refractivity contribution in [2.45, 2.75) is 46.8 Å². The fraction of sp³-hybridized carbons (Fsp3) is 0.296. The van der Waals surface area contributed by atoms with Gasteiger partial charge in [-0.3, -0.25) is 9.69 Å². The van der Waals surface area contributed by atoms with Gasteiger partial charge in [0.1, 0.15) is 5.75 Å². The summed E-state index contributed by atoms with van der Waals surface area (Å²) in [6.07, 6.45) is 0.0407. The van der Waals surface area contributed by atoms with Gasteiger partial charge in [0.25, 0.3) is 0 Å². The molecule has 3 aromatic carbocycles. The molecular weight excluding hydrogens is 386 g/mol. The van der Waals surface area contributed by atoms with E-state index in [4.69, 9.17) is 4.74 Å². The molecule has 31 heavy (non-hydrogen) atoms. The molecule has 4 nitrogen and oxygen atoms in total. The van der Waals surface area contributed by atoms with E-state index in [9.17, 15) is 9.90 Å². The van der Waals surface area contributed by atoms with Crippen LogP contribution in [0.25, 0.3) is 11.1 Å². The van der Waals surface area contributed by atoms with Gasteiger partial charge < -0.3 is 9.84 Å². The second-order valence-corrected chi connectivity index (χ2v) is 8.49. The Morgan fingerprint density at radius 1 is 1.00 bits per heavy atom. The molecule has 4 heteroatoms. The first-order chi connectivity index (χ1) is 14.9. The minimum atomic E-state index is -0.790. The monoisotopic (exact) mass is 415 g/mol. The molecule has 3 aromatic rings. The van der Waals surface area contributed by atoms with E-state index in [1.807, 2.05) is 12.1 Å². The third-order valence-electron chi connectivity index (χ3n) is 6.37. The van der Waals surface area contributed by atoms with Crippen LogP contribution >= 0.6 is 0 Å². The number of carboxylic acid groups (broad SMARTS) is 1. The van der Waals surface area contributed by atoms with Crippen LogP contribution in [0.5, 0.6) is 5.75 Å². The molecule has 0 spiro atoms. The summed E-state index contributed by atoms with van der Waals surface area (Å²) >= 11 is 0. The lowest BCUT2D eigenvalue weighted by Crippen LogP contribution is -2.15. The lowest BCUT2D eigenvalue weighted by molar-refractivity contribution is -0.136. The van der Waals surface area contributed by atoms with Gasteiger partial charge in [-0.1, -0.05) is 42.0 Å². The van der Waals surface area contributed by atoms with Crippen molar-refractivity contribution < 1.29 is 14.6 Å². The van der Waals surface area contributed by atoms with Gasteiger partial charge in [0, 0.05) is 19.6 Å². The van der Waals surface area contributed by atoms with E-state index in [0.717, 1.165) is 47.6 Å². The number of carboxylic acids is 1. The van der Waals surface area contributed by atoms with Crippen molar-refractivity contribution in [3.63, 3.8) is 0 Å². The SMILES string of the molecule is COc1cccc(CN2Cc3c(C)c(CC(=O)O)c(-c4ccc(C)cc4)c(C)c3C2)c1. The Labute approximate surface area is 184 Å². The highest BCUT2D eigenvalue weighted by atomic mass is 16.5. The van der Waals surface area contributed by atoms with Crippen molar-refractivity contribution in [1.82, 2.24) is 4.90 Å². The van der Waals surface area contributed by atoms with Gasteiger partial charge in [0.15, 0.2) is 0 Å². The third-order valence-corrected chi connectivity index (χ3v) is 6.37. The zero-order chi connectivity index (χ0) is 22.1. The first-order valence-electron chi connectivity index (χ1n) is 10.6. The first-order valence-corrected chi connectivity index (χ1v) is 10.6. The van der Waals surface area contributed by atoms with Crippen molar-refractivity contribution in [3.05, 3.63) is 87.5 Å². The van der Waals surface area contributed by atoms with E-state index in [1.54, 1.807) is 7.11 Å². The molecule has 0 bridgehead atoms. The van der Waals surface area contributed by atoms with E-state index in [-0.39, 0.29) is 6.42 Å². The van der Waals surface area contributed by atoms with Gasteiger partial charge in [-0.15, -0.1) is 0 Å². The molecule has 0 fully saturated rings. The Morgan fingerprint density at radius 2 is 1.68 bits per heavy atom. The molecular formula is C27H29NO3. The predicted molar refractivity (Wildman–Crippen MR) is 123 cm³/mol. The second-order valence-electron chi connectivity index (χ2n) is 8.49. The molecule has 0 amide bonds. The molecule has 0 saturated carbocycles. The molecule has 4 rings (SSSR count). The quantitative estimate of drug-likeness (QED) is 0.583. The summed E-state index contributed by atoms with van der Waals surface area (Å²) in [6, 6.07) is 16.6. The molecule has 1 aliphatic heterocycles. The molecule has 0 saturated heterocycles. The summed E-state index contributed by atoms with van der Waals surface area (Å²) in [7, 11) is 1.69. The number of hydrogen-bond acceptors (Lipinski definition) is 3. The van der Waals surface area contributed by atoms with Gasteiger partial charge in [0.2, 0.25) is 0 Å². The molecule has 1 N–H and O–H groups in total. The van der Waals surface area contributed by atoms with Crippen LogP contribution in [0.3, 0.4) is 0 Å². The Kier molecular flexibility index (Phi) is 5.84. The van der Waals surface area contributed by atoms with Crippen LogP contribution in [0.4, 0.5) is 0 Å². The second kappa shape index (κ2) is 8.56. The standard InChI is InChI=1S/C27H29NO3/c1-17-8-10-21(11-9-17)27-19(3)25-16-28(14-20-6-5-7-22(12-20)31-4)15-24(25)18(2)23(27)13-26(29)30/h5-12H,13-16H2,1-4H3,(H,29,30). The number of ether oxygens (including phenoxy) is 1. The average molecular weight is 416 g/mol. The number of carbonyl (C=O) groups is 1. The number of benzene rings is 3. The number of aryl methyl sites for hydroxylation is 1. The number of rotatable bonds is 6. The molecule has 160 valence electrons. The molecule has 1 heterocycles. The number of methoxy groups -OCH3 is 1. The van der Waals surface area contributed by atoms with Crippen LogP contribution in [0, 0.1) is 20.8 Å². The highest BCUT2D eigenvalue weighted by molar-refractivity contribution is 5.81. The fourth-order valence-electron chi connectivity index (χ4n) is 4.75. The van der Waals surface area contributed by atoms with Gasteiger partial charge >= 0.3 is 5.97 Å². The highest BCUT2D eigenvalue weighted by Crippen LogP contribution is 2.40. The van der Waals surface area contributed by atoms with E-state index in [0.29, 0.717) is 0 Å². The topological polar surface area (TPSA) is 49.8 Å². The maximum atomic E-state index is 11.7. The molecule has 1 aliphatic rings. The number of aliphatic carboxylic acids is 1. The molecule has 0 unspecified atom stereocenters. The summed E-state index contributed by atoms with van der Waals surface area (Å²) in [5.74, 6) is 0.0778. The van der Waals surface area contributed by atoms with Crippen LogP contribution in [-0.2, 0) is 30.8 Å². The summed E-state index contributed by atoms with van der Waals surface area (Å²) in [5, 5.41) is 9.62. The molecule has 0 aliphatic carbocycles. The van der Waals surface area contributed by atoms with Crippen LogP contribution in [0.1, 0.15) is 38.9 Å². The Morgan fingerprint density at radius 3 is 2.32 bits per heavy atom. The average Bonchev–Trinajstić information content (AvgIpc) is 3.17. The van der Waals surface area contributed by atoms with Gasteiger partial charge in [-0.05, 0) is 77.4 Å². The predicted octanol–water partition coefficient (Wildman–Crippen LogP) is 5.43. The molecule has 0 radical (unpaired) electrons.